The van der Waals surface area contributed by atoms with Gasteiger partial charge in [-0.1, -0.05) is 6.08 Å². The van der Waals surface area contributed by atoms with Crippen molar-refractivity contribution in [2.75, 3.05) is 13.2 Å². The van der Waals surface area contributed by atoms with Gasteiger partial charge in [0.2, 0.25) is 0 Å². The zero-order valence-corrected chi connectivity index (χ0v) is 15.6. The van der Waals surface area contributed by atoms with Crippen molar-refractivity contribution in [3.63, 3.8) is 0 Å². The number of thiophene rings is 1. The number of rotatable bonds is 5. The molecule has 0 fully saturated rings. The van der Waals surface area contributed by atoms with Crippen molar-refractivity contribution in [3.05, 3.63) is 64.1 Å². The fourth-order valence-electron chi connectivity index (χ4n) is 2.72. The number of ether oxygens (including phenoxy) is 2. The summed E-state index contributed by atoms with van der Waals surface area (Å²) in [7, 11) is 0. The van der Waals surface area contributed by atoms with Gasteiger partial charge in [0, 0.05) is 23.8 Å². The van der Waals surface area contributed by atoms with E-state index in [9.17, 15) is 4.79 Å². The van der Waals surface area contributed by atoms with Crippen LogP contribution in [0.3, 0.4) is 0 Å². The minimum Gasteiger partial charge on any atom is -0.485 e. The molecule has 1 N–H and O–H groups in total. The molecule has 28 heavy (non-hydrogen) atoms. The molecule has 0 atom stereocenters. The number of fused-ring (bicyclic) bond motifs is 1. The van der Waals surface area contributed by atoms with Crippen molar-refractivity contribution >= 4 is 35.5 Å². The van der Waals surface area contributed by atoms with Crippen LogP contribution in [0.2, 0.25) is 0 Å². The van der Waals surface area contributed by atoms with Crippen LogP contribution < -0.4 is 9.47 Å². The molecule has 0 aromatic carbocycles. The maximum atomic E-state index is 10.7. The summed E-state index contributed by atoms with van der Waals surface area (Å²) < 4.78 is 11.3. The van der Waals surface area contributed by atoms with Crippen molar-refractivity contribution in [2.45, 2.75) is 0 Å². The summed E-state index contributed by atoms with van der Waals surface area (Å²) in [6.45, 7) is 1.14. The molecule has 140 valence electrons. The number of nitrogens with zero attached hydrogens (tertiary/aromatic N) is 2. The lowest BCUT2D eigenvalue weighted by Gasteiger charge is -2.15. The van der Waals surface area contributed by atoms with Gasteiger partial charge >= 0.3 is 5.97 Å². The highest BCUT2D eigenvalue weighted by Crippen LogP contribution is 2.40. The molecule has 1 aliphatic rings. The van der Waals surface area contributed by atoms with Crippen molar-refractivity contribution in [2.24, 2.45) is 0 Å². The third-order valence-corrected chi connectivity index (χ3v) is 4.91. The molecule has 0 unspecified atom stereocenters. The highest BCUT2D eigenvalue weighted by atomic mass is 32.1. The van der Waals surface area contributed by atoms with Crippen LogP contribution >= 0.6 is 11.3 Å². The zero-order chi connectivity index (χ0) is 19.3. The Labute approximate surface area is 165 Å². The molecule has 1 aliphatic heterocycles. The highest BCUT2D eigenvalue weighted by molar-refractivity contribution is 7.11. The van der Waals surface area contributed by atoms with E-state index in [0.717, 1.165) is 33.6 Å². The van der Waals surface area contributed by atoms with Crippen LogP contribution in [0, 0.1) is 0 Å². The molecule has 0 saturated heterocycles. The Balaban J connectivity index is 1.57. The van der Waals surface area contributed by atoms with E-state index in [1.807, 2.05) is 29.7 Å². The summed E-state index contributed by atoms with van der Waals surface area (Å²) in [4.78, 5) is 20.4. The van der Waals surface area contributed by atoms with Crippen LogP contribution in [-0.2, 0) is 4.79 Å². The largest absolute Gasteiger partial charge is 0.485 e. The molecule has 6 nitrogen and oxygen atoms in total. The van der Waals surface area contributed by atoms with E-state index in [2.05, 4.69) is 9.97 Å². The highest BCUT2D eigenvalue weighted by Gasteiger charge is 2.16. The summed E-state index contributed by atoms with van der Waals surface area (Å²) in [6, 6.07) is 7.39. The Morgan fingerprint density at radius 2 is 1.68 bits per heavy atom. The number of pyridine rings is 2. The molecule has 4 heterocycles. The molecule has 7 heteroatoms. The van der Waals surface area contributed by atoms with Gasteiger partial charge in [0.25, 0.3) is 0 Å². The predicted molar refractivity (Wildman–Crippen MR) is 108 cm³/mol. The van der Waals surface area contributed by atoms with Gasteiger partial charge in [-0.05, 0) is 47.5 Å². The maximum absolute atomic E-state index is 10.7. The molecule has 0 saturated carbocycles. The number of hydrogen-bond acceptors (Lipinski definition) is 6. The average molecular weight is 392 g/mol. The third kappa shape index (κ3) is 4.10. The molecule has 0 spiro atoms. The maximum Gasteiger partial charge on any atom is 0.328 e. The second-order valence-electron chi connectivity index (χ2n) is 5.94. The summed E-state index contributed by atoms with van der Waals surface area (Å²) in [6.07, 6.45) is 9.97. The average Bonchev–Trinajstić information content (AvgIpc) is 3.14. The Morgan fingerprint density at radius 3 is 2.39 bits per heavy atom. The van der Waals surface area contributed by atoms with Crippen molar-refractivity contribution < 1.29 is 19.4 Å². The first kappa shape index (κ1) is 17.9. The Morgan fingerprint density at radius 1 is 1.00 bits per heavy atom. The number of carboxylic acid groups (broad SMARTS) is 1. The minimum atomic E-state index is -0.992. The number of aromatic nitrogens is 2. The van der Waals surface area contributed by atoms with Crippen LogP contribution in [-0.4, -0.2) is 34.3 Å². The summed E-state index contributed by atoms with van der Waals surface area (Å²) in [5, 5.41) is 10.7. The minimum absolute atomic E-state index is 0.558. The molecule has 4 rings (SSSR count). The quantitative estimate of drug-likeness (QED) is 0.654. The molecule has 0 radical (unpaired) electrons. The van der Waals surface area contributed by atoms with E-state index in [1.165, 1.54) is 6.08 Å². The lowest BCUT2D eigenvalue weighted by molar-refractivity contribution is -0.131. The number of aliphatic carboxylic acids is 1. The fourth-order valence-corrected chi connectivity index (χ4v) is 3.54. The van der Waals surface area contributed by atoms with Gasteiger partial charge in [0.15, 0.2) is 11.5 Å². The van der Waals surface area contributed by atoms with E-state index in [0.29, 0.717) is 24.6 Å². The fraction of sp³-hybridized carbons (Fsp3) is 0.0952. The van der Waals surface area contributed by atoms with Crippen LogP contribution in [0.5, 0.6) is 11.5 Å². The van der Waals surface area contributed by atoms with E-state index in [-0.39, 0.29) is 0 Å². The summed E-state index contributed by atoms with van der Waals surface area (Å²) in [5.74, 6) is 0.594. The predicted octanol–water partition coefficient (Wildman–Crippen LogP) is 4.24. The molecule has 0 bridgehead atoms. The SMILES string of the molecule is O=C(O)/C=C/c1ccnc(-c2cc(/C=C/c3scc4c3OCCO4)ccn2)c1. The zero-order valence-electron chi connectivity index (χ0n) is 14.7. The van der Waals surface area contributed by atoms with Crippen molar-refractivity contribution in [1.29, 1.82) is 0 Å². The van der Waals surface area contributed by atoms with E-state index in [1.54, 1.807) is 35.9 Å². The van der Waals surface area contributed by atoms with Crippen molar-refractivity contribution in [3.8, 4) is 22.9 Å². The monoisotopic (exact) mass is 392 g/mol. The Kier molecular flexibility index (Phi) is 5.16. The number of carbonyl (C=O) groups is 1. The number of carboxylic acids is 1. The van der Waals surface area contributed by atoms with Gasteiger partial charge < -0.3 is 14.6 Å². The van der Waals surface area contributed by atoms with Crippen LogP contribution in [0.15, 0.2) is 48.1 Å². The second-order valence-corrected chi connectivity index (χ2v) is 6.86. The van der Waals surface area contributed by atoms with Crippen LogP contribution in [0.1, 0.15) is 16.0 Å². The van der Waals surface area contributed by atoms with Gasteiger partial charge in [0.1, 0.15) is 13.2 Å². The van der Waals surface area contributed by atoms with Crippen LogP contribution in [0.4, 0.5) is 0 Å². The molecule has 0 amide bonds. The first-order chi connectivity index (χ1) is 13.7. The normalized spacial score (nSPS) is 13.3. The summed E-state index contributed by atoms with van der Waals surface area (Å²) >= 11 is 1.57. The topological polar surface area (TPSA) is 81.5 Å². The van der Waals surface area contributed by atoms with Gasteiger partial charge in [-0.2, -0.15) is 0 Å². The first-order valence-corrected chi connectivity index (χ1v) is 9.46. The number of hydrogen-bond donors (Lipinski definition) is 1. The standard InChI is InChI=1S/C21H16N2O4S/c24-20(25)4-2-15-6-8-23-17(12-15)16-11-14(5-7-22-16)1-3-19-21-18(13-28-19)26-9-10-27-21/h1-8,11-13H,9-10H2,(H,24,25)/b3-1+,4-2+. The van der Waals surface area contributed by atoms with Crippen LogP contribution in [0.25, 0.3) is 29.6 Å². The Bertz CT molecular complexity index is 1070. The second kappa shape index (κ2) is 8.06. The molecular formula is C21H16N2O4S. The molecular weight excluding hydrogens is 376 g/mol. The first-order valence-electron chi connectivity index (χ1n) is 8.58. The van der Waals surface area contributed by atoms with E-state index < -0.39 is 5.97 Å². The smallest absolute Gasteiger partial charge is 0.328 e. The van der Waals surface area contributed by atoms with Crippen molar-refractivity contribution in [1.82, 2.24) is 9.97 Å². The summed E-state index contributed by atoms with van der Waals surface area (Å²) in [5.41, 5.74) is 3.10. The lowest BCUT2D eigenvalue weighted by atomic mass is 10.1. The Hall–Kier alpha value is -3.45. The lowest BCUT2D eigenvalue weighted by Crippen LogP contribution is -2.14. The molecule has 0 aliphatic carbocycles. The van der Waals surface area contributed by atoms with Gasteiger partial charge in [0.05, 0.1) is 16.3 Å². The van der Waals surface area contributed by atoms with E-state index >= 15 is 0 Å². The molecule has 3 aromatic heterocycles. The van der Waals surface area contributed by atoms with Gasteiger partial charge in [-0.15, -0.1) is 11.3 Å². The van der Waals surface area contributed by atoms with Gasteiger partial charge in [-0.25, -0.2) is 4.79 Å². The third-order valence-electron chi connectivity index (χ3n) is 4.00. The molecule has 3 aromatic rings. The van der Waals surface area contributed by atoms with E-state index in [4.69, 9.17) is 14.6 Å². The van der Waals surface area contributed by atoms with Gasteiger partial charge in [-0.3, -0.25) is 9.97 Å².